The van der Waals surface area contributed by atoms with E-state index in [9.17, 15) is 19.8 Å². The van der Waals surface area contributed by atoms with Gasteiger partial charge in [0.05, 0.1) is 0 Å². The maximum absolute atomic E-state index is 11.2. The molecule has 2 N–H and O–H groups in total. The van der Waals surface area contributed by atoms with Crippen molar-refractivity contribution in [3.05, 3.63) is 0 Å². The predicted molar refractivity (Wildman–Crippen MR) is 78.5 cm³/mol. The van der Waals surface area contributed by atoms with Gasteiger partial charge in [0.15, 0.2) is 0 Å². The van der Waals surface area contributed by atoms with E-state index in [1.807, 2.05) is 0 Å². The van der Waals surface area contributed by atoms with E-state index in [4.69, 9.17) is 0 Å². The van der Waals surface area contributed by atoms with Crippen molar-refractivity contribution in [3.8, 4) is 0 Å². The van der Waals surface area contributed by atoms with E-state index in [2.05, 4.69) is 13.8 Å². The largest absolute Gasteiger partial charge is 0.465 e. The molecule has 2 fully saturated rings. The van der Waals surface area contributed by atoms with Crippen LogP contribution in [0.25, 0.3) is 0 Å². The van der Waals surface area contributed by atoms with E-state index >= 15 is 0 Å². The number of rotatable bonds is 4. The van der Waals surface area contributed by atoms with Crippen molar-refractivity contribution in [3.63, 3.8) is 0 Å². The molecule has 6 heteroatoms. The Hall–Kier alpha value is -1.46. The van der Waals surface area contributed by atoms with Crippen LogP contribution in [0, 0.1) is 5.41 Å². The van der Waals surface area contributed by atoms with Crippen molar-refractivity contribution < 1.29 is 19.8 Å². The zero-order valence-electron chi connectivity index (χ0n) is 12.9. The Kier molecular flexibility index (Phi) is 4.64. The Morgan fingerprint density at radius 1 is 0.952 bits per heavy atom. The van der Waals surface area contributed by atoms with Crippen LogP contribution in [0.2, 0.25) is 0 Å². The topological polar surface area (TPSA) is 81.1 Å². The molecule has 0 saturated carbocycles. The minimum absolute atomic E-state index is 0.0502. The van der Waals surface area contributed by atoms with Crippen LogP contribution < -0.4 is 0 Å². The van der Waals surface area contributed by atoms with E-state index in [1.165, 1.54) is 0 Å². The second-order valence-corrected chi connectivity index (χ2v) is 7.12. The summed E-state index contributed by atoms with van der Waals surface area (Å²) in [7, 11) is 0. The molecule has 2 amide bonds. The first kappa shape index (κ1) is 15.9. The van der Waals surface area contributed by atoms with Crippen LogP contribution in [0.3, 0.4) is 0 Å². The van der Waals surface area contributed by atoms with Gasteiger partial charge in [0, 0.05) is 25.2 Å². The highest BCUT2D eigenvalue weighted by atomic mass is 16.4. The summed E-state index contributed by atoms with van der Waals surface area (Å²) in [5.41, 5.74) is -0.0502. The molecule has 2 rings (SSSR count). The van der Waals surface area contributed by atoms with Crippen molar-refractivity contribution in [2.75, 3.05) is 13.1 Å². The van der Waals surface area contributed by atoms with Gasteiger partial charge in [-0.25, -0.2) is 9.59 Å². The van der Waals surface area contributed by atoms with E-state index in [-0.39, 0.29) is 17.5 Å². The first-order valence-electron chi connectivity index (χ1n) is 7.79. The van der Waals surface area contributed by atoms with Crippen LogP contribution in [0.15, 0.2) is 0 Å². The summed E-state index contributed by atoms with van der Waals surface area (Å²) in [5.74, 6) is 0. The zero-order chi connectivity index (χ0) is 15.6. The fraction of sp³-hybridized carbons (Fsp3) is 0.867. The van der Waals surface area contributed by atoms with Crippen LogP contribution in [0.1, 0.15) is 52.4 Å². The van der Waals surface area contributed by atoms with Gasteiger partial charge in [-0.1, -0.05) is 13.8 Å². The third-order valence-corrected chi connectivity index (χ3v) is 4.82. The molecule has 0 aromatic heterocycles. The number of hydrogen-bond acceptors (Lipinski definition) is 2. The SMILES string of the molecule is CC(C)(CC1CCCN1C(=O)O)CC1CCCN1C(=O)O. The second-order valence-electron chi connectivity index (χ2n) is 7.12. The Morgan fingerprint density at radius 3 is 1.67 bits per heavy atom. The molecular formula is C15H26N2O4. The van der Waals surface area contributed by atoms with Crippen LogP contribution in [-0.4, -0.2) is 57.4 Å². The Bertz CT molecular complexity index is 374. The van der Waals surface area contributed by atoms with Crippen molar-refractivity contribution in [1.29, 1.82) is 0 Å². The summed E-state index contributed by atoms with van der Waals surface area (Å²) in [5, 5.41) is 18.4. The molecule has 0 aromatic carbocycles. The van der Waals surface area contributed by atoms with Crippen LogP contribution in [-0.2, 0) is 0 Å². The molecule has 120 valence electrons. The molecule has 2 aliphatic rings. The molecule has 21 heavy (non-hydrogen) atoms. The molecule has 2 unspecified atom stereocenters. The van der Waals surface area contributed by atoms with E-state index in [0.717, 1.165) is 38.5 Å². The van der Waals surface area contributed by atoms with Gasteiger partial charge in [-0.05, 0) is 43.9 Å². The fourth-order valence-electron chi connectivity index (χ4n) is 3.96. The smallest absolute Gasteiger partial charge is 0.407 e. The molecule has 2 heterocycles. The molecule has 0 bridgehead atoms. The average Bonchev–Trinajstić information content (AvgIpc) is 2.96. The molecule has 0 aromatic rings. The summed E-state index contributed by atoms with van der Waals surface area (Å²) in [6.07, 6.45) is 3.65. The molecule has 0 aliphatic carbocycles. The van der Waals surface area contributed by atoms with Crippen LogP contribution >= 0.6 is 0 Å². The van der Waals surface area contributed by atoms with Crippen molar-refractivity contribution in [2.45, 2.75) is 64.5 Å². The van der Waals surface area contributed by atoms with Gasteiger partial charge in [-0.15, -0.1) is 0 Å². The summed E-state index contributed by atoms with van der Waals surface area (Å²) >= 11 is 0. The van der Waals surface area contributed by atoms with Gasteiger partial charge < -0.3 is 20.0 Å². The van der Waals surface area contributed by atoms with Crippen LogP contribution in [0.5, 0.6) is 0 Å². The molecule has 2 saturated heterocycles. The minimum Gasteiger partial charge on any atom is -0.465 e. The number of likely N-dealkylation sites (tertiary alicyclic amines) is 2. The molecule has 2 aliphatic heterocycles. The quantitative estimate of drug-likeness (QED) is 0.835. The maximum Gasteiger partial charge on any atom is 0.407 e. The maximum atomic E-state index is 11.2. The van der Waals surface area contributed by atoms with Crippen molar-refractivity contribution >= 4 is 12.2 Å². The first-order chi connectivity index (χ1) is 9.80. The molecule has 2 atom stereocenters. The van der Waals surface area contributed by atoms with E-state index in [0.29, 0.717) is 13.1 Å². The summed E-state index contributed by atoms with van der Waals surface area (Å²) in [4.78, 5) is 25.5. The van der Waals surface area contributed by atoms with Crippen LogP contribution in [0.4, 0.5) is 9.59 Å². The van der Waals surface area contributed by atoms with E-state index < -0.39 is 12.2 Å². The van der Waals surface area contributed by atoms with Gasteiger partial charge in [0.25, 0.3) is 0 Å². The lowest BCUT2D eigenvalue weighted by atomic mass is 9.79. The van der Waals surface area contributed by atoms with Crippen molar-refractivity contribution in [2.24, 2.45) is 5.41 Å². The van der Waals surface area contributed by atoms with Gasteiger partial charge >= 0.3 is 12.2 Å². The number of hydrogen-bond donors (Lipinski definition) is 2. The molecular weight excluding hydrogens is 272 g/mol. The lowest BCUT2D eigenvalue weighted by molar-refractivity contribution is 0.106. The summed E-state index contributed by atoms with van der Waals surface area (Å²) in [6, 6.07) is 0.161. The monoisotopic (exact) mass is 298 g/mol. The van der Waals surface area contributed by atoms with Crippen molar-refractivity contribution in [1.82, 2.24) is 9.80 Å². The van der Waals surface area contributed by atoms with Gasteiger partial charge in [-0.2, -0.15) is 0 Å². The number of carboxylic acid groups (broad SMARTS) is 2. The summed E-state index contributed by atoms with van der Waals surface area (Å²) in [6.45, 7) is 5.51. The third-order valence-electron chi connectivity index (χ3n) is 4.82. The summed E-state index contributed by atoms with van der Waals surface area (Å²) < 4.78 is 0. The van der Waals surface area contributed by atoms with Gasteiger partial charge in [-0.3, -0.25) is 0 Å². The lowest BCUT2D eigenvalue weighted by Crippen LogP contribution is -2.40. The number of nitrogens with zero attached hydrogens (tertiary/aromatic N) is 2. The molecule has 0 spiro atoms. The third kappa shape index (κ3) is 3.80. The minimum atomic E-state index is -0.832. The first-order valence-corrected chi connectivity index (χ1v) is 7.79. The van der Waals surface area contributed by atoms with Gasteiger partial charge in [0.1, 0.15) is 0 Å². The molecule has 0 radical (unpaired) electrons. The molecule has 6 nitrogen and oxygen atoms in total. The highest BCUT2D eigenvalue weighted by Gasteiger charge is 2.37. The Morgan fingerprint density at radius 2 is 1.33 bits per heavy atom. The average molecular weight is 298 g/mol. The second kappa shape index (κ2) is 6.12. The standard InChI is InChI=1S/C15H26N2O4/c1-15(2,9-11-5-3-7-16(11)13(18)19)10-12-6-4-8-17(12)14(20)21/h11-12H,3-10H2,1-2H3,(H,18,19)(H,20,21). The Balaban J connectivity index is 1.95. The normalized spacial score (nSPS) is 26.4. The van der Waals surface area contributed by atoms with E-state index in [1.54, 1.807) is 9.80 Å². The highest BCUT2D eigenvalue weighted by molar-refractivity contribution is 5.66. The highest BCUT2D eigenvalue weighted by Crippen LogP contribution is 2.37. The zero-order valence-corrected chi connectivity index (χ0v) is 12.9. The fourth-order valence-corrected chi connectivity index (χ4v) is 3.96. The number of carbonyl (C=O) groups is 2. The lowest BCUT2D eigenvalue weighted by Gasteiger charge is -2.35. The van der Waals surface area contributed by atoms with Gasteiger partial charge in [0.2, 0.25) is 0 Å². The Labute approximate surface area is 125 Å². The predicted octanol–water partition coefficient (Wildman–Crippen LogP) is 3.08. The number of amides is 2.